The summed E-state index contributed by atoms with van der Waals surface area (Å²) < 4.78 is 12.6. The molecule has 0 bridgehead atoms. The molecule has 1 saturated carbocycles. The van der Waals surface area contributed by atoms with E-state index in [2.05, 4.69) is 25.0 Å². The average Bonchev–Trinajstić information content (AvgIpc) is 3.44. The molecule has 1 aromatic carbocycles. The van der Waals surface area contributed by atoms with Gasteiger partial charge in [0.2, 0.25) is 5.75 Å². The molecule has 0 atom stereocenters. The zero-order chi connectivity index (χ0) is 24.0. The summed E-state index contributed by atoms with van der Waals surface area (Å²) >= 11 is 0. The highest BCUT2D eigenvalue weighted by atomic mass is 16.5. The van der Waals surface area contributed by atoms with Gasteiger partial charge >= 0.3 is 5.97 Å². The lowest BCUT2D eigenvalue weighted by Crippen LogP contribution is -2.27. The van der Waals surface area contributed by atoms with Crippen molar-refractivity contribution in [1.82, 2.24) is 24.3 Å². The third-order valence-corrected chi connectivity index (χ3v) is 5.92. The second-order valence-corrected chi connectivity index (χ2v) is 7.95. The van der Waals surface area contributed by atoms with Crippen LogP contribution in [0.2, 0.25) is 0 Å². The van der Waals surface area contributed by atoms with Crippen LogP contribution in [0.15, 0.2) is 40.0 Å². The van der Waals surface area contributed by atoms with Crippen LogP contribution in [0.1, 0.15) is 46.2 Å². The van der Waals surface area contributed by atoms with E-state index in [-0.39, 0.29) is 17.6 Å². The second-order valence-electron chi connectivity index (χ2n) is 7.95. The van der Waals surface area contributed by atoms with Crippen LogP contribution in [0.25, 0.3) is 22.7 Å². The Morgan fingerprint density at radius 1 is 1.24 bits per heavy atom. The number of amides is 1. The third-order valence-electron chi connectivity index (χ3n) is 5.92. The highest BCUT2D eigenvalue weighted by molar-refractivity contribution is 6.04. The van der Waals surface area contributed by atoms with Crippen LogP contribution in [0, 0.1) is 0 Å². The normalized spacial score (nSPS) is 13.6. The molecule has 0 aliphatic heterocycles. The molecular formula is C22H20N6O6. The van der Waals surface area contributed by atoms with E-state index in [0.29, 0.717) is 22.4 Å². The first kappa shape index (κ1) is 21.4. The topological polar surface area (TPSA) is 154 Å². The largest absolute Gasteiger partial charge is 0.501 e. The predicted octanol–water partition coefficient (Wildman–Crippen LogP) is 2.25. The number of hydrogen-bond donors (Lipinski definition) is 2. The van der Waals surface area contributed by atoms with Gasteiger partial charge in [0.1, 0.15) is 12.0 Å². The van der Waals surface area contributed by atoms with Gasteiger partial charge in [0, 0.05) is 13.1 Å². The van der Waals surface area contributed by atoms with Gasteiger partial charge in [-0.05, 0) is 37.5 Å². The molecule has 0 saturated heterocycles. The summed E-state index contributed by atoms with van der Waals surface area (Å²) in [5.74, 6) is -1.63. The first-order valence-electron chi connectivity index (χ1n) is 10.5. The van der Waals surface area contributed by atoms with Gasteiger partial charge in [0.25, 0.3) is 11.5 Å². The monoisotopic (exact) mass is 464 g/mol. The van der Waals surface area contributed by atoms with Crippen LogP contribution in [0.5, 0.6) is 5.75 Å². The summed E-state index contributed by atoms with van der Waals surface area (Å²) in [6.07, 6.45) is 5.26. The molecule has 34 heavy (non-hydrogen) atoms. The minimum atomic E-state index is -0.807. The lowest BCUT2D eigenvalue weighted by Gasteiger charge is -2.29. The van der Waals surface area contributed by atoms with Crippen molar-refractivity contribution in [2.75, 3.05) is 12.4 Å². The smallest absolute Gasteiger partial charge is 0.337 e. The Morgan fingerprint density at radius 2 is 2.03 bits per heavy atom. The summed E-state index contributed by atoms with van der Waals surface area (Å²) in [5, 5.41) is 16.3. The number of fused-ring (bicyclic) bond motifs is 1. The molecule has 3 heterocycles. The van der Waals surface area contributed by atoms with Crippen LogP contribution >= 0.6 is 0 Å². The van der Waals surface area contributed by atoms with Crippen molar-refractivity contribution >= 4 is 28.6 Å². The Balaban J connectivity index is 1.70. The van der Waals surface area contributed by atoms with Gasteiger partial charge in [-0.2, -0.15) is 0 Å². The van der Waals surface area contributed by atoms with Crippen molar-refractivity contribution in [3.05, 3.63) is 52.3 Å². The number of aromatic nitrogens is 5. The summed E-state index contributed by atoms with van der Waals surface area (Å²) in [4.78, 5) is 46.7. The van der Waals surface area contributed by atoms with Crippen LogP contribution in [0.3, 0.4) is 0 Å². The molecule has 1 aliphatic rings. The number of esters is 1. The Kier molecular flexibility index (Phi) is 5.11. The molecule has 4 aromatic rings. The minimum absolute atomic E-state index is 0.0767. The number of nitrogens with zero attached hydrogens (tertiary/aromatic N) is 5. The molecule has 0 spiro atoms. The average molecular weight is 464 g/mol. The van der Waals surface area contributed by atoms with Gasteiger partial charge in [-0.15, -0.1) is 0 Å². The Hall–Kier alpha value is -4.48. The molecular weight excluding hydrogens is 444 g/mol. The van der Waals surface area contributed by atoms with Crippen molar-refractivity contribution in [3.63, 3.8) is 0 Å². The number of hydrogen-bond acceptors (Lipinski definition) is 9. The van der Waals surface area contributed by atoms with Crippen molar-refractivity contribution in [3.8, 4) is 17.4 Å². The molecule has 3 aromatic heterocycles. The summed E-state index contributed by atoms with van der Waals surface area (Å²) in [6.45, 7) is 0. The van der Waals surface area contributed by atoms with Crippen molar-refractivity contribution in [1.29, 1.82) is 0 Å². The standard InChI is InChI=1S/C22H20N6O6/c1-27-18(26-16(17(29)21(27)31)20(30)24-12-9-23-34-10-12)19-25-14-7-6-11(22(32)33-2)8-15(14)28(19)13-4-3-5-13/h6-10,13,29H,3-5H2,1-2H3,(H,24,30). The quantitative estimate of drug-likeness (QED) is 0.423. The van der Waals surface area contributed by atoms with E-state index in [4.69, 9.17) is 4.74 Å². The fourth-order valence-corrected chi connectivity index (χ4v) is 3.92. The number of nitrogens with one attached hydrogen (secondary N) is 1. The highest BCUT2D eigenvalue weighted by Crippen LogP contribution is 2.38. The van der Waals surface area contributed by atoms with Gasteiger partial charge < -0.3 is 24.3 Å². The van der Waals surface area contributed by atoms with Crippen molar-refractivity contribution < 1.29 is 24.0 Å². The Morgan fingerprint density at radius 3 is 2.68 bits per heavy atom. The maximum atomic E-state index is 12.8. The number of anilines is 1. The van der Waals surface area contributed by atoms with Crippen LogP contribution in [-0.4, -0.2) is 48.4 Å². The third kappa shape index (κ3) is 3.39. The van der Waals surface area contributed by atoms with E-state index in [1.807, 2.05) is 4.57 Å². The fraction of sp³-hybridized carbons (Fsp3) is 0.273. The van der Waals surface area contributed by atoms with Crippen LogP contribution in [0.4, 0.5) is 5.69 Å². The summed E-state index contributed by atoms with van der Waals surface area (Å²) in [5.41, 5.74) is 0.617. The molecule has 1 aliphatic carbocycles. The van der Waals surface area contributed by atoms with E-state index in [9.17, 15) is 19.5 Å². The van der Waals surface area contributed by atoms with E-state index in [1.54, 1.807) is 18.2 Å². The SMILES string of the molecule is COC(=O)c1ccc2nc(-c3nc(C(=O)Nc4cnoc4)c(O)c(=O)n3C)n(C3CCC3)c2c1. The number of carbonyl (C=O) groups excluding carboxylic acids is 2. The number of aromatic hydroxyl groups is 1. The number of methoxy groups -OCH3 is 1. The van der Waals surface area contributed by atoms with Gasteiger partial charge in [0.05, 0.1) is 29.9 Å². The molecule has 12 nitrogen and oxygen atoms in total. The number of rotatable bonds is 5. The van der Waals surface area contributed by atoms with Gasteiger partial charge in [-0.1, -0.05) is 5.16 Å². The zero-order valence-electron chi connectivity index (χ0n) is 18.3. The van der Waals surface area contributed by atoms with Gasteiger partial charge in [0.15, 0.2) is 17.3 Å². The summed E-state index contributed by atoms with van der Waals surface area (Å²) in [6, 6.07) is 5.07. The van der Waals surface area contributed by atoms with E-state index < -0.39 is 28.9 Å². The first-order valence-corrected chi connectivity index (χ1v) is 10.5. The maximum Gasteiger partial charge on any atom is 0.337 e. The number of carbonyl (C=O) groups is 2. The van der Waals surface area contributed by atoms with E-state index >= 15 is 0 Å². The molecule has 174 valence electrons. The first-order chi connectivity index (χ1) is 16.4. The van der Waals surface area contributed by atoms with E-state index in [1.165, 1.54) is 26.6 Å². The molecule has 12 heteroatoms. The van der Waals surface area contributed by atoms with Crippen LogP contribution in [-0.2, 0) is 11.8 Å². The fourth-order valence-electron chi connectivity index (χ4n) is 3.92. The van der Waals surface area contributed by atoms with Gasteiger partial charge in [-0.3, -0.25) is 14.2 Å². The summed E-state index contributed by atoms with van der Waals surface area (Å²) in [7, 11) is 2.75. The highest BCUT2D eigenvalue weighted by Gasteiger charge is 2.29. The zero-order valence-corrected chi connectivity index (χ0v) is 18.3. The van der Waals surface area contributed by atoms with Crippen LogP contribution < -0.4 is 10.9 Å². The lowest BCUT2D eigenvalue weighted by molar-refractivity contribution is 0.0600. The maximum absolute atomic E-state index is 12.8. The molecule has 1 fully saturated rings. The minimum Gasteiger partial charge on any atom is -0.501 e. The number of ether oxygens (including phenoxy) is 1. The Labute approximate surface area is 191 Å². The van der Waals surface area contributed by atoms with Gasteiger partial charge in [-0.25, -0.2) is 14.8 Å². The number of imidazole rings is 1. The second kappa shape index (κ2) is 8.14. The van der Waals surface area contributed by atoms with E-state index in [0.717, 1.165) is 23.8 Å². The Bertz CT molecular complexity index is 1480. The van der Waals surface area contributed by atoms with Crippen molar-refractivity contribution in [2.45, 2.75) is 25.3 Å². The lowest BCUT2D eigenvalue weighted by atomic mass is 9.92. The molecule has 1 amide bonds. The number of benzene rings is 1. The molecule has 5 rings (SSSR count). The predicted molar refractivity (Wildman–Crippen MR) is 119 cm³/mol. The molecule has 0 unspecified atom stereocenters. The molecule has 0 radical (unpaired) electrons. The molecule has 2 N–H and O–H groups in total. The van der Waals surface area contributed by atoms with Crippen molar-refractivity contribution in [2.24, 2.45) is 7.05 Å².